The van der Waals surface area contributed by atoms with E-state index in [2.05, 4.69) is 19.6 Å². The smallest absolute Gasteiger partial charge is 0.475 e. The Morgan fingerprint density at radius 1 is 1.27 bits per heavy atom. The SMILES string of the molecule is C[Si](C)C.O=C(O)C(F)(F)F. The van der Waals surface area contributed by atoms with Crippen molar-refractivity contribution in [2.75, 3.05) is 0 Å². The van der Waals surface area contributed by atoms with E-state index in [1.807, 2.05) is 0 Å². The van der Waals surface area contributed by atoms with E-state index in [4.69, 9.17) is 9.90 Å². The zero-order valence-electron chi connectivity index (χ0n) is 6.49. The molecular weight excluding hydrogens is 177 g/mol. The van der Waals surface area contributed by atoms with Crippen molar-refractivity contribution < 1.29 is 23.1 Å². The fraction of sp³-hybridized carbons (Fsp3) is 0.800. The van der Waals surface area contributed by atoms with Crippen LogP contribution in [0.3, 0.4) is 0 Å². The maximum absolute atomic E-state index is 10.6. The van der Waals surface area contributed by atoms with Crippen LogP contribution in [-0.2, 0) is 4.79 Å². The molecule has 1 radical (unpaired) electrons. The standard InChI is InChI=1S/C3H9Si.C2HF3O2/c1-4(2)3;3-2(4,5)1(6)7/h1-3H3;(H,6,7). The normalized spacial score (nSPS) is 10.5. The van der Waals surface area contributed by atoms with Gasteiger partial charge in [-0.15, -0.1) is 0 Å². The van der Waals surface area contributed by atoms with E-state index in [1.54, 1.807) is 0 Å². The molecule has 0 unspecified atom stereocenters. The maximum Gasteiger partial charge on any atom is 0.490 e. The van der Waals surface area contributed by atoms with Crippen molar-refractivity contribution in [2.45, 2.75) is 25.8 Å². The molecule has 0 atom stereocenters. The second-order valence-corrected chi connectivity index (χ2v) is 5.30. The molecule has 0 rings (SSSR count). The first-order valence-corrected chi connectivity index (χ1v) is 5.74. The Morgan fingerprint density at radius 3 is 1.36 bits per heavy atom. The summed E-state index contributed by atoms with van der Waals surface area (Å²) < 4.78 is 31.7. The Bertz CT molecular complexity index is 119. The summed E-state index contributed by atoms with van der Waals surface area (Å²) in [5, 5.41) is 7.12. The molecule has 6 heteroatoms. The van der Waals surface area contributed by atoms with Crippen molar-refractivity contribution in [3.05, 3.63) is 0 Å². The van der Waals surface area contributed by atoms with Crippen molar-refractivity contribution in [3.63, 3.8) is 0 Å². The average Bonchev–Trinajstić information content (AvgIpc) is 1.59. The van der Waals surface area contributed by atoms with Crippen LogP contribution >= 0.6 is 0 Å². The number of aliphatic carboxylic acids is 1. The Labute approximate surface area is 64.6 Å². The monoisotopic (exact) mass is 187 g/mol. The van der Waals surface area contributed by atoms with Crippen LogP contribution in [0.25, 0.3) is 0 Å². The van der Waals surface area contributed by atoms with Gasteiger partial charge in [0.15, 0.2) is 0 Å². The molecule has 0 aromatic heterocycles. The van der Waals surface area contributed by atoms with Crippen LogP contribution in [0.5, 0.6) is 0 Å². The van der Waals surface area contributed by atoms with Crippen molar-refractivity contribution in [1.82, 2.24) is 0 Å². The third-order valence-corrected chi connectivity index (χ3v) is 0.243. The summed E-state index contributed by atoms with van der Waals surface area (Å²) in [6.07, 6.45) is -5.08. The first-order valence-electron chi connectivity index (χ1n) is 2.74. The molecule has 11 heavy (non-hydrogen) atoms. The van der Waals surface area contributed by atoms with E-state index in [1.165, 1.54) is 0 Å². The highest BCUT2D eigenvalue weighted by Crippen LogP contribution is 2.13. The van der Waals surface area contributed by atoms with Crippen molar-refractivity contribution in [3.8, 4) is 0 Å². The topological polar surface area (TPSA) is 37.3 Å². The van der Waals surface area contributed by atoms with Crippen molar-refractivity contribution in [1.29, 1.82) is 0 Å². The minimum Gasteiger partial charge on any atom is -0.475 e. The summed E-state index contributed by atoms with van der Waals surface area (Å²) in [5.74, 6) is -2.76. The number of hydrogen-bond acceptors (Lipinski definition) is 1. The number of carboxylic acids is 1. The third kappa shape index (κ3) is 17.7. The predicted molar refractivity (Wildman–Crippen MR) is 37.0 cm³/mol. The van der Waals surface area contributed by atoms with Crippen molar-refractivity contribution >= 4 is 14.8 Å². The van der Waals surface area contributed by atoms with Gasteiger partial charge < -0.3 is 5.11 Å². The molecule has 0 aliphatic carbocycles. The van der Waals surface area contributed by atoms with Gasteiger partial charge in [0.05, 0.1) is 0 Å². The molecule has 0 aromatic carbocycles. The summed E-state index contributed by atoms with van der Waals surface area (Å²) in [6, 6.07) is 0. The Kier molecular flexibility index (Phi) is 6.15. The Balaban J connectivity index is 0. The van der Waals surface area contributed by atoms with Crippen LogP contribution in [0.4, 0.5) is 13.2 Å². The zero-order chi connectivity index (χ0) is 9.65. The number of carbonyl (C=O) groups is 1. The number of rotatable bonds is 0. The molecule has 0 aliphatic heterocycles. The lowest BCUT2D eigenvalue weighted by Gasteiger charge is -1.93. The lowest BCUT2D eigenvalue weighted by molar-refractivity contribution is -0.192. The molecule has 0 amide bonds. The Hall–Kier alpha value is -0.523. The van der Waals surface area contributed by atoms with Crippen LogP contribution in [0, 0.1) is 0 Å². The number of alkyl halides is 3. The molecule has 0 spiro atoms. The van der Waals surface area contributed by atoms with Crippen molar-refractivity contribution in [2.24, 2.45) is 0 Å². The lowest BCUT2D eigenvalue weighted by atomic mass is 10.7. The maximum atomic E-state index is 10.6. The first-order chi connectivity index (χ1) is 4.68. The van der Waals surface area contributed by atoms with Crippen LogP contribution in [0.1, 0.15) is 0 Å². The second-order valence-electron chi connectivity index (χ2n) is 2.30. The van der Waals surface area contributed by atoms with Gasteiger partial charge in [-0.05, 0) is 0 Å². The van der Waals surface area contributed by atoms with Gasteiger partial charge in [-0.1, -0.05) is 19.6 Å². The van der Waals surface area contributed by atoms with Gasteiger partial charge in [-0.25, -0.2) is 4.79 Å². The number of halogens is 3. The van der Waals surface area contributed by atoms with E-state index in [-0.39, 0.29) is 8.80 Å². The molecule has 0 saturated carbocycles. The van der Waals surface area contributed by atoms with Gasteiger partial charge in [0.1, 0.15) is 0 Å². The second kappa shape index (κ2) is 5.17. The molecule has 0 heterocycles. The highest BCUT2D eigenvalue weighted by molar-refractivity contribution is 6.54. The van der Waals surface area contributed by atoms with Gasteiger partial charge in [0, 0.05) is 8.80 Å². The number of hydrogen-bond donors (Lipinski definition) is 1. The largest absolute Gasteiger partial charge is 0.490 e. The van der Waals surface area contributed by atoms with Gasteiger partial charge in [0.2, 0.25) is 0 Å². The van der Waals surface area contributed by atoms with E-state index in [0.29, 0.717) is 0 Å². The molecular formula is C5H10F3O2Si. The molecule has 0 aliphatic rings. The van der Waals surface area contributed by atoms with E-state index in [0.717, 1.165) is 0 Å². The lowest BCUT2D eigenvalue weighted by Crippen LogP contribution is -2.21. The highest BCUT2D eigenvalue weighted by atomic mass is 28.3. The van der Waals surface area contributed by atoms with Crippen LogP contribution in [0.2, 0.25) is 19.6 Å². The summed E-state index contributed by atoms with van der Waals surface area (Å²) in [4.78, 5) is 8.90. The Morgan fingerprint density at radius 2 is 1.36 bits per heavy atom. The zero-order valence-corrected chi connectivity index (χ0v) is 7.49. The quantitative estimate of drug-likeness (QED) is 0.589. The molecule has 2 nitrogen and oxygen atoms in total. The highest BCUT2D eigenvalue weighted by Gasteiger charge is 2.38. The summed E-state index contributed by atoms with van der Waals surface area (Å²) in [6.45, 7) is 6.81. The molecule has 0 saturated heterocycles. The molecule has 0 aromatic rings. The summed E-state index contributed by atoms with van der Waals surface area (Å²) in [5.41, 5.74) is 0. The van der Waals surface area contributed by atoms with Crippen LogP contribution in [0.15, 0.2) is 0 Å². The molecule has 67 valence electrons. The van der Waals surface area contributed by atoms with Gasteiger partial charge in [-0.2, -0.15) is 13.2 Å². The summed E-state index contributed by atoms with van der Waals surface area (Å²) in [7, 11) is 0.120. The van der Waals surface area contributed by atoms with Gasteiger partial charge in [0.25, 0.3) is 0 Å². The first kappa shape index (κ1) is 13.1. The minimum atomic E-state index is -5.08. The van der Waals surface area contributed by atoms with E-state index >= 15 is 0 Å². The third-order valence-electron chi connectivity index (χ3n) is 0.243. The van der Waals surface area contributed by atoms with E-state index in [9.17, 15) is 13.2 Å². The minimum absolute atomic E-state index is 0.120. The van der Waals surface area contributed by atoms with Gasteiger partial charge in [-0.3, -0.25) is 0 Å². The van der Waals surface area contributed by atoms with E-state index < -0.39 is 12.1 Å². The average molecular weight is 187 g/mol. The molecule has 0 bridgehead atoms. The van der Waals surface area contributed by atoms with Crippen LogP contribution < -0.4 is 0 Å². The molecule has 0 fully saturated rings. The fourth-order valence-electron chi connectivity index (χ4n) is 0. The predicted octanol–water partition coefficient (Wildman–Crippen LogP) is 2.00. The van der Waals surface area contributed by atoms with Gasteiger partial charge >= 0.3 is 12.1 Å². The number of carboxylic acid groups (broad SMARTS) is 1. The van der Waals surface area contributed by atoms with Crippen LogP contribution in [-0.4, -0.2) is 26.0 Å². The molecule has 1 N–H and O–H groups in total. The summed E-state index contributed by atoms with van der Waals surface area (Å²) >= 11 is 0. The fourth-order valence-corrected chi connectivity index (χ4v) is 0.